The smallest absolute Gasteiger partial charge is 0.154 e. The Balaban J connectivity index is 2.63. The molecule has 4 nitrogen and oxygen atoms in total. The van der Waals surface area contributed by atoms with Crippen LogP contribution in [0.25, 0.3) is 0 Å². The monoisotopic (exact) mass is 166 g/mol. The minimum atomic E-state index is -1.87. The topological polar surface area (TPSA) is 80.9 Å². The lowest BCUT2D eigenvalue weighted by Crippen LogP contribution is -2.53. The van der Waals surface area contributed by atoms with E-state index >= 15 is 0 Å². The van der Waals surface area contributed by atoms with E-state index < -0.39 is 30.6 Å². The first-order valence-electron chi connectivity index (χ1n) is 3.40. The highest BCUT2D eigenvalue weighted by atomic mass is 19.1. The first kappa shape index (κ1) is 8.86. The Morgan fingerprint density at radius 3 is 2.00 bits per heavy atom. The molecule has 0 unspecified atom stereocenters. The molecule has 0 aliphatic heterocycles. The molecule has 1 fully saturated rings. The fourth-order valence-electron chi connectivity index (χ4n) is 1.16. The Morgan fingerprint density at radius 1 is 0.909 bits per heavy atom. The summed E-state index contributed by atoms with van der Waals surface area (Å²) in [6.45, 7) is 0. The highest BCUT2D eigenvalue weighted by Crippen LogP contribution is 2.22. The highest BCUT2D eigenvalue weighted by molar-refractivity contribution is 4.92. The third kappa shape index (κ3) is 1.51. The van der Waals surface area contributed by atoms with Crippen LogP contribution in [0.5, 0.6) is 0 Å². The molecule has 4 N–H and O–H groups in total. The maximum absolute atomic E-state index is 12.6. The van der Waals surface area contributed by atoms with Gasteiger partial charge in [0.2, 0.25) is 0 Å². The molecule has 1 aliphatic rings. The van der Waals surface area contributed by atoms with Gasteiger partial charge in [0.1, 0.15) is 12.2 Å². The molecule has 1 aliphatic carbocycles. The molecule has 1 saturated carbocycles. The summed E-state index contributed by atoms with van der Waals surface area (Å²) in [5.74, 6) is 0. The average Bonchev–Trinajstić information content (AvgIpc) is 1.97. The van der Waals surface area contributed by atoms with E-state index in [0.29, 0.717) is 0 Å². The van der Waals surface area contributed by atoms with Crippen LogP contribution in [0.4, 0.5) is 4.39 Å². The number of alkyl halides is 1. The first-order valence-corrected chi connectivity index (χ1v) is 3.40. The van der Waals surface area contributed by atoms with Crippen LogP contribution in [0.2, 0.25) is 0 Å². The number of aliphatic hydroxyl groups is 4. The zero-order chi connectivity index (χ0) is 8.59. The normalized spacial score (nSPS) is 52.6. The summed E-state index contributed by atoms with van der Waals surface area (Å²) in [6, 6.07) is 0. The van der Waals surface area contributed by atoms with Crippen LogP contribution >= 0.6 is 0 Å². The van der Waals surface area contributed by atoms with E-state index in [2.05, 4.69) is 0 Å². The molecular weight excluding hydrogens is 155 g/mol. The zero-order valence-electron chi connectivity index (χ0n) is 5.76. The number of halogens is 1. The van der Waals surface area contributed by atoms with Crippen LogP contribution in [-0.2, 0) is 0 Å². The van der Waals surface area contributed by atoms with Crippen molar-refractivity contribution >= 4 is 0 Å². The molecule has 0 aromatic rings. The molecule has 5 atom stereocenters. The summed E-state index contributed by atoms with van der Waals surface area (Å²) < 4.78 is 12.6. The van der Waals surface area contributed by atoms with E-state index in [9.17, 15) is 4.39 Å². The van der Waals surface area contributed by atoms with E-state index in [0.717, 1.165) is 0 Å². The van der Waals surface area contributed by atoms with Crippen molar-refractivity contribution in [2.45, 2.75) is 37.0 Å². The molecule has 66 valence electrons. The van der Waals surface area contributed by atoms with Gasteiger partial charge < -0.3 is 20.4 Å². The minimum Gasteiger partial charge on any atom is -0.390 e. The summed E-state index contributed by atoms with van der Waals surface area (Å²) in [7, 11) is 0. The average molecular weight is 166 g/mol. The molecule has 0 aromatic carbocycles. The molecular formula is C6H11FO4. The van der Waals surface area contributed by atoms with Gasteiger partial charge in [-0.05, 0) is 0 Å². The molecule has 11 heavy (non-hydrogen) atoms. The second-order valence-electron chi connectivity index (χ2n) is 2.80. The maximum Gasteiger partial charge on any atom is 0.154 e. The van der Waals surface area contributed by atoms with Crippen molar-refractivity contribution in [1.29, 1.82) is 0 Å². The molecule has 5 heteroatoms. The van der Waals surface area contributed by atoms with Gasteiger partial charge in [0.05, 0.1) is 12.2 Å². The summed E-state index contributed by atoms with van der Waals surface area (Å²) in [6.07, 6.45) is -7.91. The number of aliphatic hydroxyl groups excluding tert-OH is 4. The van der Waals surface area contributed by atoms with Crippen molar-refractivity contribution in [2.24, 2.45) is 0 Å². The number of hydrogen-bond donors (Lipinski definition) is 4. The Kier molecular flexibility index (Phi) is 2.43. The second kappa shape index (κ2) is 3.02. The van der Waals surface area contributed by atoms with E-state index in [1.807, 2.05) is 0 Å². The fraction of sp³-hybridized carbons (Fsp3) is 1.00. The quantitative estimate of drug-likeness (QED) is 0.341. The van der Waals surface area contributed by atoms with Crippen LogP contribution in [0.1, 0.15) is 6.42 Å². The lowest BCUT2D eigenvalue weighted by Gasteiger charge is -2.34. The van der Waals surface area contributed by atoms with Crippen molar-refractivity contribution in [3.8, 4) is 0 Å². The Morgan fingerprint density at radius 2 is 1.45 bits per heavy atom. The van der Waals surface area contributed by atoms with Gasteiger partial charge in [-0.2, -0.15) is 0 Å². The van der Waals surface area contributed by atoms with Crippen LogP contribution in [-0.4, -0.2) is 51.0 Å². The SMILES string of the molecule is O[C@@H]1[C@@H](O)[C@H](O)C[C@H](O)[C@H]1F. The van der Waals surface area contributed by atoms with Gasteiger partial charge >= 0.3 is 0 Å². The van der Waals surface area contributed by atoms with Gasteiger partial charge in [0.15, 0.2) is 6.17 Å². The van der Waals surface area contributed by atoms with E-state index in [4.69, 9.17) is 20.4 Å². The molecule has 0 heterocycles. The van der Waals surface area contributed by atoms with Gasteiger partial charge in [-0.15, -0.1) is 0 Å². The largest absolute Gasteiger partial charge is 0.390 e. The predicted molar refractivity (Wildman–Crippen MR) is 33.5 cm³/mol. The van der Waals surface area contributed by atoms with E-state index in [-0.39, 0.29) is 6.42 Å². The fourth-order valence-corrected chi connectivity index (χ4v) is 1.16. The molecule has 0 bridgehead atoms. The minimum absolute atomic E-state index is 0.237. The van der Waals surface area contributed by atoms with Gasteiger partial charge in [-0.1, -0.05) is 0 Å². The highest BCUT2D eigenvalue weighted by Gasteiger charge is 2.42. The molecule has 0 amide bonds. The third-order valence-corrected chi connectivity index (χ3v) is 1.92. The second-order valence-corrected chi connectivity index (χ2v) is 2.80. The van der Waals surface area contributed by atoms with Gasteiger partial charge in [0.25, 0.3) is 0 Å². The summed E-state index contributed by atoms with van der Waals surface area (Å²) >= 11 is 0. The van der Waals surface area contributed by atoms with Crippen molar-refractivity contribution < 1.29 is 24.8 Å². The van der Waals surface area contributed by atoms with Gasteiger partial charge in [-0.25, -0.2) is 4.39 Å². The van der Waals surface area contributed by atoms with Crippen LogP contribution in [0, 0.1) is 0 Å². The van der Waals surface area contributed by atoms with Crippen molar-refractivity contribution in [1.82, 2.24) is 0 Å². The van der Waals surface area contributed by atoms with E-state index in [1.165, 1.54) is 0 Å². The lowest BCUT2D eigenvalue weighted by atomic mass is 9.88. The maximum atomic E-state index is 12.6. The molecule has 0 radical (unpaired) electrons. The number of rotatable bonds is 0. The summed E-state index contributed by atoms with van der Waals surface area (Å²) in [5, 5.41) is 35.5. The summed E-state index contributed by atoms with van der Waals surface area (Å²) in [5.41, 5.74) is 0. The Bertz CT molecular complexity index is 129. The zero-order valence-corrected chi connectivity index (χ0v) is 5.76. The van der Waals surface area contributed by atoms with Crippen molar-refractivity contribution in [2.75, 3.05) is 0 Å². The van der Waals surface area contributed by atoms with Crippen LogP contribution in [0.15, 0.2) is 0 Å². The molecule has 0 aromatic heterocycles. The third-order valence-electron chi connectivity index (χ3n) is 1.92. The van der Waals surface area contributed by atoms with Gasteiger partial charge in [0, 0.05) is 6.42 Å². The number of hydrogen-bond acceptors (Lipinski definition) is 4. The summed E-state index contributed by atoms with van der Waals surface area (Å²) in [4.78, 5) is 0. The van der Waals surface area contributed by atoms with Gasteiger partial charge in [-0.3, -0.25) is 0 Å². The molecule has 0 saturated heterocycles. The first-order chi connectivity index (χ1) is 5.04. The van der Waals surface area contributed by atoms with Crippen molar-refractivity contribution in [3.05, 3.63) is 0 Å². The lowest BCUT2D eigenvalue weighted by molar-refractivity contribution is -0.154. The van der Waals surface area contributed by atoms with Crippen LogP contribution in [0.3, 0.4) is 0 Å². The predicted octanol–water partition coefficient (Wildman–Crippen LogP) is -1.83. The van der Waals surface area contributed by atoms with Crippen molar-refractivity contribution in [3.63, 3.8) is 0 Å². The molecule has 1 rings (SSSR count). The Labute approximate surface area is 62.9 Å². The van der Waals surface area contributed by atoms with E-state index in [1.54, 1.807) is 0 Å². The Hall–Kier alpha value is -0.230. The van der Waals surface area contributed by atoms with Crippen LogP contribution < -0.4 is 0 Å². The molecule has 0 spiro atoms. The standard InChI is InChI=1S/C6H11FO4/c7-4-2(8)1-3(9)5(10)6(4)11/h2-6,8-11H,1H2/t2-,3+,4+,5-,6-/m0/s1.